The summed E-state index contributed by atoms with van der Waals surface area (Å²) in [7, 11) is 1.34. The maximum atomic E-state index is 11.9. The van der Waals surface area contributed by atoms with E-state index < -0.39 is 5.60 Å². The summed E-state index contributed by atoms with van der Waals surface area (Å²) >= 11 is 0. The monoisotopic (exact) mass is 314 g/mol. The average Bonchev–Trinajstić information content (AvgIpc) is 2.45. The predicted molar refractivity (Wildman–Crippen MR) is 82.5 cm³/mol. The minimum atomic E-state index is -0.497. The molecule has 0 unspecified atom stereocenters. The fourth-order valence-electron chi connectivity index (χ4n) is 1.91. The minimum Gasteiger partial charge on any atom is -0.469 e. The summed E-state index contributed by atoms with van der Waals surface area (Å²) in [5.74, 6) is 0.0686. The van der Waals surface area contributed by atoms with Gasteiger partial charge >= 0.3 is 12.1 Å². The highest BCUT2D eigenvalue weighted by molar-refractivity contribution is 5.79. The number of rotatable bonds is 3. The summed E-state index contributed by atoms with van der Waals surface area (Å²) in [6.45, 7) is 8.06. The van der Waals surface area contributed by atoms with E-state index >= 15 is 0 Å². The molecule has 0 aliphatic carbocycles. The van der Waals surface area contributed by atoms with Gasteiger partial charge < -0.3 is 25.0 Å². The van der Waals surface area contributed by atoms with Gasteiger partial charge in [-0.25, -0.2) is 4.79 Å². The molecule has 1 aliphatic heterocycles. The van der Waals surface area contributed by atoms with E-state index in [-0.39, 0.29) is 18.5 Å². The van der Waals surface area contributed by atoms with Crippen LogP contribution in [-0.4, -0.2) is 73.3 Å². The van der Waals surface area contributed by atoms with Crippen molar-refractivity contribution in [1.29, 1.82) is 0 Å². The topological polar surface area (TPSA) is 97.5 Å². The van der Waals surface area contributed by atoms with Gasteiger partial charge in [0.2, 0.25) is 0 Å². The molecule has 22 heavy (non-hydrogen) atoms. The Balaban J connectivity index is 2.39. The first-order chi connectivity index (χ1) is 10.2. The third-order valence-corrected chi connectivity index (χ3v) is 3.07. The van der Waals surface area contributed by atoms with Gasteiger partial charge in [0.05, 0.1) is 20.1 Å². The van der Waals surface area contributed by atoms with Crippen LogP contribution in [0.1, 0.15) is 27.2 Å². The van der Waals surface area contributed by atoms with Gasteiger partial charge in [0.1, 0.15) is 5.60 Å². The normalized spacial score (nSPS) is 16.5. The van der Waals surface area contributed by atoms with Crippen LogP contribution in [0.3, 0.4) is 0 Å². The first-order valence-electron chi connectivity index (χ1n) is 7.32. The van der Waals surface area contributed by atoms with Crippen molar-refractivity contribution in [3.63, 3.8) is 0 Å². The summed E-state index contributed by atoms with van der Waals surface area (Å²) in [6, 6.07) is 0. The molecular weight excluding hydrogens is 288 g/mol. The van der Waals surface area contributed by atoms with Crippen molar-refractivity contribution in [2.45, 2.75) is 32.8 Å². The van der Waals surface area contributed by atoms with Crippen molar-refractivity contribution in [2.24, 2.45) is 10.7 Å². The highest BCUT2D eigenvalue weighted by atomic mass is 16.6. The molecule has 1 amide bonds. The van der Waals surface area contributed by atoms with Gasteiger partial charge in [0, 0.05) is 26.2 Å². The summed E-state index contributed by atoms with van der Waals surface area (Å²) in [5, 5.41) is 0. The van der Waals surface area contributed by atoms with Crippen LogP contribution in [0.5, 0.6) is 0 Å². The summed E-state index contributed by atoms with van der Waals surface area (Å²) in [4.78, 5) is 30.6. The SMILES string of the molecule is COC(=O)CCN=C(N)N1CCN(C(=O)OC(C)(C)C)CC1. The quantitative estimate of drug-likeness (QED) is 0.460. The third kappa shape index (κ3) is 6.19. The predicted octanol–water partition coefficient (Wildman–Crippen LogP) is 0.417. The number of amides is 1. The Hall–Kier alpha value is -1.99. The van der Waals surface area contributed by atoms with Crippen LogP contribution in [0.25, 0.3) is 0 Å². The van der Waals surface area contributed by atoms with Gasteiger partial charge in [-0.2, -0.15) is 0 Å². The Morgan fingerprint density at radius 3 is 2.18 bits per heavy atom. The standard InChI is InChI=1S/C14H26N4O4/c1-14(2,3)22-13(20)18-9-7-17(8-10-18)12(15)16-6-5-11(19)21-4/h5-10H2,1-4H3,(H2,15,16). The second-order valence-electron chi connectivity index (χ2n) is 6.02. The molecule has 2 N–H and O–H groups in total. The average molecular weight is 314 g/mol. The number of piperazine rings is 1. The Bertz CT molecular complexity index is 423. The van der Waals surface area contributed by atoms with Crippen LogP contribution in [0, 0.1) is 0 Å². The van der Waals surface area contributed by atoms with E-state index in [1.165, 1.54) is 7.11 Å². The van der Waals surface area contributed by atoms with Gasteiger partial charge in [0.15, 0.2) is 5.96 Å². The number of aliphatic imine (C=N–C) groups is 1. The van der Waals surface area contributed by atoms with Crippen LogP contribution in [-0.2, 0) is 14.3 Å². The summed E-state index contributed by atoms with van der Waals surface area (Å²) in [6.07, 6.45) is -0.108. The van der Waals surface area contributed by atoms with E-state index in [2.05, 4.69) is 9.73 Å². The number of esters is 1. The molecule has 1 saturated heterocycles. The largest absolute Gasteiger partial charge is 0.469 e. The molecule has 1 aliphatic rings. The van der Waals surface area contributed by atoms with Gasteiger partial charge in [-0.05, 0) is 20.8 Å². The van der Waals surface area contributed by atoms with E-state index in [4.69, 9.17) is 10.5 Å². The van der Waals surface area contributed by atoms with Crippen LogP contribution in [0.15, 0.2) is 4.99 Å². The number of nitrogens with zero attached hydrogens (tertiary/aromatic N) is 3. The summed E-state index contributed by atoms with van der Waals surface area (Å²) in [5.41, 5.74) is 5.39. The highest BCUT2D eigenvalue weighted by Crippen LogP contribution is 2.11. The molecule has 1 heterocycles. The van der Waals surface area contributed by atoms with Crippen molar-refractivity contribution in [3.8, 4) is 0 Å². The molecule has 0 aromatic heterocycles. The lowest BCUT2D eigenvalue weighted by molar-refractivity contribution is -0.140. The molecule has 0 atom stereocenters. The Morgan fingerprint density at radius 1 is 1.14 bits per heavy atom. The highest BCUT2D eigenvalue weighted by Gasteiger charge is 2.26. The first-order valence-corrected chi connectivity index (χ1v) is 7.32. The third-order valence-electron chi connectivity index (χ3n) is 3.07. The van der Waals surface area contributed by atoms with Crippen LogP contribution >= 0.6 is 0 Å². The molecule has 0 aromatic carbocycles. The number of carbonyl (C=O) groups is 2. The Labute approximate surface area is 131 Å². The van der Waals surface area contributed by atoms with E-state index in [0.717, 1.165) is 0 Å². The van der Waals surface area contributed by atoms with Crippen LogP contribution in [0.4, 0.5) is 4.79 Å². The van der Waals surface area contributed by atoms with E-state index in [0.29, 0.717) is 38.7 Å². The van der Waals surface area contributed by atoms with E-state index in [1.54, 1.807) is 4.90 Å². The first kappa shape index (κ1) is 18.1. The fourth-order valence-corrected chi connectivity index (χ4v) is 1.91. The molecule has 1 rings (SSSR count). The molecule has 8 nitrogen and oxygen atoms in total. The van der Waals surface area contributed by atoms with Crippen LogP contribution in [0.2, 0.25) is 0 Å². The molecule has 0 aromatic rings. The zero-order chi connectivity index (χ0) is 16.8. The molecule has 0 radical (unpaired) electrons. The smallest absolute Gasteiger partial charge is 0.410 e. The molecular formula is C14H26N4O4. The second-order valence-corrected chi connectivity index (χ2v) is 6.02. The van der Waals surface area contributed by atoms with Gasteiger partial charge in [-0.3, -0.25) is 9.79 Å². The van der Waals surface area contributed by atoms with Crippen molar-refractivity contribution in [1.82, 2.24) is 9.80 Å². The number of guanidine groups is 1. The molecule has 0 spiro atoms. The number of ether oxygens (including phenoxy) is 2. The van der Waals surface area contributed by atoms with Crippen molar-refractivity contribution in [3.05, 3.63) is 0 Å². The lowest BCUT2D eigenvalue weighted by Crippen LogP contribution is -2.53. The molecule has 1 fully saturated rings. The van der Waals surface area contributed by atoms with Crippen LogP contribution < -0.4 is 5.73 Å². The molecule has 8 heteroatoms. The number of carbonyl (C=O) groups excluding carboxylic acids is 2. The Kier molecular flexibility index (Phi) is 6.45. The fraction of sp³-hybridized carbons (Fsp3) is 0.786. The minimum absolute atomic E-state index is 0.203. The maximum absolute atomic E-state index is 11.9. The zero-order valence-electron chi connectivity index (χ0n) is 13.8. The molecule has 0 saturated carbocycles. The van der Waals surface area contributed by atoms with Gasteiger partial charge in [0.25, 0.3) is 0 Å². The molecule has 0 bridgehead atoms. The lowest BCUT2D eigenvalue weighted by atomic mass is 10.2. The Morgan fingerprint density at radius 2 is 1.68 bits per heavy atom. The van der Waals surface area contributed by atoms with Crippen molar-refractivity contribution >= 4 is 18.0 Å². The van der Waals surface area contributed by atoms with Gasteiger partial charge in [-0.15, -0.1) is 0 Å². The van der Waals surface area contributed by atoms with Crippen molar-refractivity contribution < 1.29 is 19.1 Å². The number of nitrogens with two attached hydrogens (primary N) is 1. The summed E-state index contributed by atoms with van der Waals surface area (Å²) < 4.78 is 9.87. The lowest BCUT2D eigenvalue weighted by Gasteiger charge is -2.36. The zero-order valence-corrected chi connectivity index (χ0v) is 13.8. The number of hydrogen-bond donors (Lipinski definition) is 1. The van der Waals surface area contributed by atoms with E-state index in [9.17, 15) is 9.59 Å². The number of hydrogen-bond acceptors (Lipinski definition) is 5. The molecule has 126 valence electrons. The maximum Gasteiger partial charge on any atom is 0.410 e. The number of methoxy groups -OCH3 is 1. The second kappa shape index (κ2) is 7.86. The van der Waals surface area contributed by atoms with Crippen molar-refractivity contribution in [2.75, 3.05) is 39.8 Å². The van der Waals surface area contributed by atoms with Gasteiger partial charge in [-0.1, -0.05) is 0 Å². The van der Waals surface area contributed by atoms with E-state index in [1.807, 2.05) is 25.7 Å².